The van der Waals surface area contributed by atoms with Crippen molar-refractivity contribution in [3.8, 4) is 0 Å². The van der Waals surface area contributed by atoms with Crippen molar-refractivity contribution in [1.29, 1.82) is 0 Å². The van der Waals surface area contributed by atoms with E-state index in [4.69, 9.17) is 0 Å². The fourth-order valence-electron chi connectivity index (χ4n) is 1.47. The standard InChI is InChI=1S/C14H12Br2S/c1-2-10-3-5-11(6-4-10)17-12-7-8-13(15)14(16)9-12/h3-9H,2H2,1H3. The fourth-order valence-corrected chi connectivity index (χ4v) is 3.10. The van der Waals surface area contributed by atoms with Crippen molar-refractivity contribution >= 4 is 43.6 Å². The number of halogens is 2. The topological polar surface area (TPSA) is 0 Å². The lowest BCUT2D eigenvalue weighted by Gasteiger charge is -2.04. The smallest absolute Gasteiger partial charge is 0.0328 e. The summed E-state index contributed by atoms with van der Waals surface area (Å²) < 4.78 is 2.18. The second kappa shape index (κ2) is 6.07. The van der Waals surface area contributed by atoms with Gasteiger partial charge in [-0.1, -0.05) is 30.8 Å². The molecule has 0 saturated heterocycles. The van der Waals surface area contributed by atoms with Crippen molar-refractivity contribution in [3.05, 3.63) is 57.0 Å². The van der Waals surface area contributed by atoms with Crippen LogP contribution < -0.4 is 0 Å². The molecular weight excluding hydrogens is 360 g/mol. The van der Waals surface area contributed by atoms with Crippen molar-refractivity contribution in [1.82, 2.24) is 0 Å². The van der Waals surface area contributed by atoms with Crippen LogP contribution >= 0.6 is 43.6 Å². The van der Waals surface area contributed by atoms with Gasteiger partial charge < -0.3 is 0 Å². The molecule has 2 aromatic carbocycles. The van der Waals surface area contributed by atoms with E-state index in [0.29, 0.717) is 0 Å². The third-order valence-corrected chi connectivity index (χ3v) is 5.34. The molecule has 0 unspecified atom stereocenters. The molecular formula is C14H12Br2S. The van der Waals surface area contributed by atoms with E-state index < -0.39 is 0 Å². The maximum Gasteiger partial charge on any atom is 0.0328 e. The summed E-state index contributed by atoms with van der Waals surface area (Å²) in [5.41, 5.74) is 1.38. The van der Waals surface area contributed by atoms with E-state index in [1.807, 2.05) is 0 Å². The Bertz CT molecular complexity index is 506. The van der Waals surface area contributed by atoms with Gasteiger partial charge in [-0.05, 0) is 74.2 Å². The maximum absolute atomic E-state index is 3.52. The van der Waals surface area contributed by atoms with E-state index in [1.54, 1.807) is 11.8 Å². The van der Waals surface area contributed by atoms with Gasteiger partial charge >= 0.3 is 0 Å². The van der Waals surface area contributed by atoms with Crippen LogP contribution in [0.2, 0.25) is 0 Å². The van der Waals surface area contributed by atoms with Gasteiger partial charge in [0, 0.05) is 18.7 Å². The second-order valence-electron chi connectivity index (χ2n) is 3.68. The van der Waals surface area contributed by atoms with E-state index >= 15 is 0 Å². The minimum absolute atomic E-state index is 1.09. The van der Waals surface area contributed by atoms with E-state index in [-0.39, 0.29) is 0 Å². The predicted molar refractivity (Wildman–Crippen MR) is 81.8 cm³/mol. The lowest BCUT2D eigenvalue weighted by atomic mass is 10.2. The summed E-state index contributed by atoms with van der Waals surface area (Å²) in [4.78, 5) is 2.51. The van der Waals surface area contributed by atoms with Crippen LogP contribution in [0.15, 0.2) is 61.2 Å². The maximum atomic E-state index is 3.52. The average Bonchev–Trinajstić information content (AvgIpc) is 2.35. The van der Waals surface area contributed by atoms with Gasteiger partial charge in [0.2, 0.25) is 0 Å². The van der Waals surface area contributed by atoms with Crippen molar-refractivity contribution in [2.45, 2.75) is 23.1 Å². The van der Waals surface area contributed by atoms with Crippen LogP contribution in [0.1, 0.15) is 12.5 Å². The molecule has 0 aliphatic carbocycles. The molecule has 0 aromatic heterocycles. The fraction of sp³-hybridized carbons (Fsp3) is 0.143. The van der Waals surface area contributed by atoms with Crippen LogP contribution in [0, 0.1) is 0 Å². The molecule has 0 saturated carbocycles. The number of rotatable bonds is 3. The number of hydrogen-bond acceptors (Lipinski definition) is 1. The molecule has 0 radical (unpaired) electrons. The molecule has 0 bridgehead atoms. The molecule has 3 heteroatoms. The molecule has 0 spiro atoms. The first kappa shape index (κ1) is 13.2. The molecule has 0 heterocycles. The van der Waals surface area contributed by atoms with Crippen molar-refractivity contribution < 1.29 is 0 Å². The number of benzene rings is 2. The van der Waals surface area contributed by atoms with Crippen LogP contribution in [0.25, 0.3) is 0 Å². The highest BCUT2D eigenvalue weighted by Crippen LogP contribution is 2.32. The van der Waals surface area contributed by atoms with Gasteiger partial charge in [-0.15, -0.1) is 0 Å². The quantitative estimate of drug-likeness (QED) is 0.644. The Kier molecular flexibility index (Phi) is 4.71. The monoisotopic (exact) mass is 370 g/mol. The van der Waals surface area contributed by atoms with Crippen LogP contribution in [-0.4, -0.2) is 0 Å². The van der Waals surface area contributed by atoms with Gasteiger partial charge in [0.1, 0.15) is 0 Å². The third kappa shape index (κ3) is 3.60. The van der Waals surface area contributed by atoms with Gasteiger partial charge in [-0.2, -0.15) is 0 Å². The summed E-state index contributed by atoms with van der Waals surface area (Å²) in [6.45, 7) is 2.17. The zero-order chi connectivity index (χ0) is 12.3. The Balaban J connectivity index is 2.16. The van der Waals surface area contributed by atoms with Crippen molar-refractivity contribution in [2.75, 3.05) is 0 Å². The Hall–Kier alpha value is -0.250. The molecule has 2 aromatic rings. The summed E-state index contributed by atoms with van der Waals surface area (Å²) >= 11 is 8.78. The number of hydrogen-bond donors (Lipinski definition) is 0. The molecule has 17 heavy (non-hydrogen) atoms. The van der Waals surface area contributed by atoms with Crippen molar-refractivity contribution in [3.63, 3.8) is 0 Å². The summed E-state index contributed by atoms with van der Waals surface area (Å²) in [5.74, 6) is 0. The van der Waals surface area contributed by atoms with Crippen LogP contribution in [-0.2, 0) is 6.42 Å². The Morgan fingerprint density at radius 1 is 0.882 bits per heavy atom. The second-order valence-corrected chi connectivity index (χ2v) is 6.53. The van der Waals surface area contributed by atoms with Crippen LogP contribution in [0.3, 0.4) is 0 Å². The Morgan fingerprint density at radius 2 is 1.53 bits per heavy atom. The van der Waals surface area contributed by atoms with Gasteiger partial charge in [-0.25, -0.2) is 0 Å². The average molecular weight is 372 g/mol. The Morgan fingerprint density at radius 3 is 2.12 bits per heavy atom. The predicted octanol–water partition coefficient (Wildman–Crippen LogP) is 5.93. The van der Waals surface area contributed by atoms with E-state index in [2.05, 4.69) is 81.2 Å². The first-order valence-corrected chi connectivity index (χ1v) is 7.81. The molecule has 0 amide bonds. The van der Waals surface area contributed by atoms with Crippen LogP contribution in [0.4, 0.5) is 0 Å². The zero-order valence-corrected chi connectivity index (χ0v) is 13.4. The lowest BCUT2D eigenvalue weighted by molar-refractivity contribution is 1.13. The van der Waals surface area contributed by atoms with Crippen molar-refractivity contribution in [2.24, 2.45) is 0 Å². The normalized spacial score (nSPS) is 10.5. The molecule has 0 aliphatic rings. The van der Waals surface area contributed by atoms with E-state index in [1.165, 1.54) is 15.4 Å². The van der Waals surface area contributed by atoms with Gasteiger partial charge in [-0.3, -0.25) is 0 Å². The summed E-state index contributed by atoms with van der Waals surface area (Å²) in [6.07, 6.45) is 1.09. The minimum atomic E-state index is 1.09. The molecule has 0 atom stereocenters. The zero-order valence-electron chi connectivity index (χ0n) is 9.41. The van der Waals surface area contributed by atoms with Gasteiger partial charge in [0.05, 0.1) is 0 Å². The molecule has 0 N–H and O–H groups in total. The summed E-state index contributed by atoms with van der Waals surface area (Å²) in [7, 11) is 0. The molecule has 2 rings (SSSR count). The minimum Gasteiger partial charge on any atom is -0.0901 e. The van der Waals surface area contributed by atoms with Gasteiger partial charge in [0.25, 0.3) is 0 Å². The highest BCUT2D eigenvalue weighted by Gasteiger charge is 2.01. The van der Waals surface area contributed by atoms with Crippen LogP contribution in [0.5, 0.6) is 0 Å². The summed E-state index contributed by atoms with van der Waals surface area (Å²) in [5, 5.41) is 0. The summed E-state index contributed by atoms with van der Waals surface area (Å²) in [6, 6.07) is 15.0. The Labute approximate surface area is 123 Å². The number of aryl methyl sites for hydroxylation is 1. The SMILES string of the molecule is CCc1ccc(Sc2ccc(Br)c(Br)c2)cc1. The molecule has 0 nitrogen and oxygen atoms in total. The highest BCUT2D eigenvalue weighted by molar-refractivity contribution is 9.13. The highest BCUT2D eigenvalue weighted by atomic mass is 79.9. The molecule has 0 fully saturated rings. The van der Waals surface area contributed by atoms with E-state index in [9.17, 15) is 0 Å². The van der Waals surface area contributed by atoms with Gasteiger partial charge in [0.15, 0.2) is 0 Å². The third-order valence-electron chi connectivity index (χ3n) is 2.46. The molecule has 88 valence electrons. The first-order valence-electron chi connectivity index (χ1n) is 5.41. The first-order chi connectivity index (χ1) is 8.19. The van der Waals surface area contributed by atoms with E-state index in [0.717, 1.165) is 15.4 Å². The lowest BCUT2D eigenvalue weighted by Crippen LogP contribution is -1.79. The molecule has 0 aliphatic heterocycles. The largest absolute Gasteiger partial charge is 0.0901 e.